The minimum absolute atomic E-state index is 0.721. The number of fused-ring (bicyclic) bond motifs is 1. The van der Waals surface area contributed by atoms with Crippen LogP contribution in [0.3, 0.4) is 0 Å². The Morgan fingerprint density at radius 1 is 0.967 bits per heavy atom. The van der Waals surface area contributed by atoms with E-state index in [1.165, 1.54) is 5.70 Å². The van der Waals surface area contributed by atoms with Crippen molar-refractivity contribution >= 4 is 28.2 Å². The van der Waals surface area contributed by atoms with Crippen molar-refractivity contribution in [3.05, 3.63) is 84.0 Å². The number of aromatic nitrogens is 1. The van der Waals surface area contributed by atoms with E-state index in [2.05, 4.69) is 60.2 Å². The number of rotatable bonds is 6. The number of pyridine rings is 1. The van der Waals surface area contributed by atoms with Crippen LogP contribution in [-0.4, -0.2) is 41.0 Å². The highest BCUT2D eigenvalue weighted by molar-refractivity contribution is 6.35. The lowest BCUT2D eigenvalue weighted by atomic mass is 10.1. The van der Waals surface area contributed by atoms with Crippen molar-refractivity contribution in [2.75, 3.05) is 26.2 Å². The quantitative estimate of drug-likeness (QED) is 0.459. The maximum absolute atomic E-state index is 6.58. The van der Waals surface area contributed by atoms with Crippen molar-refractivity contribution in [2.24, 2.45) is 0 Å². The molecule has 0 atom stereocenters. The summed E-state index contributed by atoms with van der Waals surface area (Å²) in [6, 6.07) is 18.4. The van der Waals surface area contributed by atoms with Gasteiger partial charge in [0, 0.05) is 48.5 Å². The maximum Gasteiger partial charge on any atom is 0.0731 e. The van der Waals surface area contributed by atoms with Crippen LogP contribution < -0.4 is 0 Å². The summed E-state index contributed by atoms with van der Waals surface area (Å²) in [5.74, 6) is 0. The highest BCUT2D eigenvalue weighted by Gasteiger charge is 2.19. The van der Waals surface area contributed by atoms with Gasteiger partial charge in [-0.05, 0) is 24.1 Å². The zero-order chi connectivity index (χ0) is 21.1. The number of hydrogen-bond acceptors (Lipinski definition) is 3. The van der Waals surface area contributed by atoms with Crippen LogP contribution in [0.1, 0.15) is 25.3 Å². The van der Waals surface area contributed by atoms with Crippen LogP contribution in [0.2, 0.25) is 5.02 Å². The second-order valence-corrected chi connectivity index (χ2v) is 8.23. The predicted molar refractivity (Wildman–Crippen MR) is 128 cm³/mol. The van der Waals surface area contributed by atoms with Gasteiger partial charge in [-0.25, -0.2) is 4.98 Å². The molecule has 3 nitrogen and oxygen atoms in total. The zero-order valence-electron chi connectivity index (χ0n) is 17.6. The van der Waals surface area contributed by atoms with Crippen LogP contribution >= 0.6 is 11.6 Å². The molecule has 2 aromatic carbocycles. The summed E-state index contributed by atoms with van der Waals surface area (Å²) in [4.78, 5) is 9.65. The Morgan fingerprint density at radius 2 is 1.67 bits per heavy atom. The number of hydrogen-bond donors (Lipinski definition) is 0. The van der Waals surface area contributed by atoms with E-state index in [4.69, 9.17) is 16.6 Å². The van der Waals surface area contributed by atoms with Crippen LogP contribution in [0.25, 0.3) is 27.9 Å². The number of halogens is 1. The molecule has 2 heterocycles. The Morgan fingerprint density at radius 3 is 2.37 bits per heavy atom. The minimum Gasteiger partial charge on any atom is -0.372 e. The second-order valence-electron chi connectivity index (χ2n) is 7.82. The van der Waals surface area contributed by atoms with Gasteiger partial charge in [0.15, 0.2) is 0 Å². The molecule has 154 valence electrons. The van der Waals surface area contributed by atoms with E-state index in [0.29, 0.717) is 0 Å². The van der Waals surface area contributed by atoms with Gasteiger partial charge in [0.05, 0.1) is 16.2 Å². The van der Waals surface area contributed by atoms with Crippen LogP contribution in [-0.2, 0) is 0 Å². The first-order chi connectivity index (χ1) is 14.6. The van der Waals surface area contributed by atoms with E-state index in [1.54, 1.807) is 0 Å². The Labute approximate surface area is 184 Å². The molecular weight excluding hydrogens is 390 g/mol. The molecule has 1 aliphatic heterocycles. The minimum atomic E-state index is 0.721. The Kier molecular flexibility index (Phi) is 6.10. The Hall–Kier alpha value is -2.78. The second kappa shape index (κ2) is 8.93. The normalized spacial score (nSPS) is 14.2. The molecule has 0 bridgehead atoms. The van der Waals surface area contributed by atoms with E-state index in [1.807, 2.05) is 24.3 Å². The van der Waals surface area contributed by atoms with Crippen LogP contribution in [0.15, 0.2) is 73.5 Å². The van der Waals surface area contributed by atoms with Crippen molar-refractivity contribution in [3.63, 3.8) is 0 Å². The largest absolute Gasteiger partial charge is 0.372 e. The van der Waals surface area contributed by atoms with Crippen molar-refractivity contribution in [1.82, 2.24) is 14.8 Å². The van der Waals surface area contributed by atoms with Crippen molar-refractivity contribution in [2.45, 2.75) is 19.8 Å². The van der Waals surface area contributed by atoms with Gasteiger partial charge in [-0.15, -0.1) is 0 Å². The molecule has 0 saturated carbocycles. The molecule has 4 rings (SSSR count). The van der Waals surface area contributed by atoms with Crippen LogP contribution in [0.5, 0.6) is 0 Å². The molecule has 0 aliphatic carbocycles. The SMILES string of the molecule is C=C(CCC)N1CCN(C(=C)c2ccc3c(Cl)cc(-c4ccccc4)nc3c2)CC1. The van der Waals surface area contributed by atoms with E-state index in [9.17, 15) is 0 Å². The average Bonchev–Trinajstić information content (AvgIpc) is 2.79. The van der Waals surface area contributed by atoms with Gasteiger partial charge in [0.1, 0.15) is 0 Å². The van der Waals surface area contributed by atoms with Gasteiger partial charge >= 0.3 is 0 Å². The third-order valence-electron chi connectivity index (χ3n) is 5.81. The fourth-order valence-corrected chi connectivity index (χ4v) is 4.31. The number of nitrogens with zero attached hydrogens (tertiary/aromatic N) is 3. The van der Waals surface area contributed by atoms with Gasteiger partial charge in [-0.3, -0.25) is 0 Å². The molecule has 0 spiro atoms. The number of benzene rings is 2. The predicted octanol–water partition coefficient (Wildman–Crippen LogP) is 6.46. The fourth-order valence-electron chi connectivity index (χ4n) is 4.04. The topological polar surface area (TPSA) is 19.4 Å². The van der Waals surface area contributed by atoms with Crippen LogP contribution in [0, 0.1) is 0 Å². The highest BCUT2D eigenvalue weighted by atomic mass is 35.5. The first-order valence-corrected chi connectivity index (χ1v) is 11.0. The Bertz CT molecular complexity index is 1070. The van der Waals surface area contributed by atoms with E-state index < -0.39 is 0 Å². The highest BCUT2D eigenvalue weighted by Crippen LogP contribution is 2.31. The van der Waals surface area contributed by atoms with Crippen molar-refractivity contribution in [3.8, 4) is 11.3 Å². The smallest absolute Gasteiger partial charge is 0.0731 e. The monoisotopic (exact) mass is 417 g/mol. The molecular formula is C26H28ClN3. The summed E-state index contributed by atoms with van der Waals surface area (Å²) in [6.07, 6.45) is 2.21. The molecule has 1 fully saturated rings. The fraction of sp³-hybridized carbons (Fsp3) is 0.269. The lowest BCUT2D eigenvalue weighted by molar-refractivity contribution is 0.209. The summed E-state index contributed by atoms with van der Waals surface area (Å²) in [7, 11) is 0. The summed E-state index contributed by atoms with van der Waals surface area (Å²) in [6.45, 7) is 14.7. The van der Waals surface area contributed by atoms with Gasteiger partial charge in [0.25, 0.3) is 0 Å². The number of allylic oxidation sites excluding steroid dienone is 1. The molecule has 0 unspecified atom stereocenters. The van der Waals surface area contributed by atoms with Crippen molar-refractivity contribution < 1.29 is 0 Å². The lowest BCUT2D eigenvalue weighted by Gasteiger charge is -2.39. The average molecular weight is 418 g/mol. The molecule has 0 radical (unpaired) electrons. The van der Waals surface area contributed by atoms with Gasteiger partial charge in [0.2, 0.25) is 0 Å². The van der Waals surface area contributed by atoms with E-state index >= 15 is 0 Å². The third kappa shape index (κ3) is 4.22. The Balaban J connectivity index is 1.56. The zero-order valence-corrected chi connectivity index (χ0v) is 18.3. The molecule has 1 saturated heterocycles. The van der Waals surface area contributed by atoms with E-state index in [0.717, 1.165) is 77.5 Å². The number of piperazine rings is 1. The summed E-state index contributed by atoms with van der Waals surface area (Å²) >= 11 is 6.58. The van der Waals surface area contributed by atoms with E-state index in [-0.39, 0.29) is 0 Å². The van der Waals surface area contributed by atoms with Crippen molar-refractivity contribution in [1.29, 1.82) is 0 Å². The first-order valence-electron chi connectivity index (χ1n) is 10.6. The summed E-state index contributed by atoms with van der Waals surface area (Å²) in [5, 5.41) is 1.69. The van der Waals surface area contributed by atoms with Gasteiger partial charge in [-0.2, -0.15) is 0 Å². The van der Waals surface area contributed by atoms with Gasteiger partial charge in [-0.1, -0.05) is 80.6 Å². The van der Waals surface area contributed by atoms with Gasteiger partial charge < -0.3 is 9.80 Å². The lowest BCUT2D eigenvalue weighted by Crippen LogP contribution is -2.44. The molecule has 30 heavy (non-hydrogen) atoms. The first kappa shape index (κ1) is 20.5. The molecule has 3 aromatic rings. The molecule has 1 aliphatic rings. The molecule has 0 N–H and O–H groups in total. The standard InChI is InChI=1S/C26H28ClN3/c1-4-8-19(2)29-13-15-30(16-14-29)20(3)22-11-12-23-24(27)18-25(28-26(23)17-22)21-9-6-5-7-10-21/h5-7,9-12,17-18H,2-4,8,13-16H2,1H3. The van der Waals surface area contributed by atoms with Crippen LogP contribution in [0.4, 0.5) is 0 Å². The summed E-state index contributed by atoms with van der Waals surface area (Å²) < 4.78 is 0. The summed E-state index contributed by atoms with van der Waals surface area (Å²) in [5.41, 5.74) is 6.24. The molecule has 0 amide bonds. The third-order valence-corrected chi connectivity index (χ3v) is 6.12. The molecule has 1 aromatic heterocycles. The maximum atomic E-state index is 6.58. The molecule has 4 heteroatoms.